The molecule has 11 heteroatoms. The molecule has 1 aromatic carbocycles. The Labute approximate surface area is 274 Å². The maximum absolute atomic E-state index is 12.5. The number of piperidine rings is 1. The van der Waals surface area contributed by atoms with Crippen LogP contribution in [0.25, 0.3) is 0 Å². The van der Waals surface area contributed by atoms with Gasteiger partial charge in [-0.2, -0.15) is 0 Å². The molecule has 8 N–H and O–H groups in total. The molecule has 1 saturated heterocycles. The number of nitrogens with one attached hydrogen (secondary N) is 3. The Morgan fingerprint density at radius 1 is 1.26 bits per heavy atom. The Bertz CT molecular complexity index is 1280. The van der Waals surface area contributed by atoms with Crippen molar-refractivity contribution in [1.29, 1.82) is 0 Å². The van der Waals surface area contributed by atoms with Gasteiger partial charge in [-0.25, -0.2) is 0 Å². The maximum Gasteiger partial charge on any atom is 0.302 e. The number of phenolic OH excluding ortho intramolecular Hbond substituents is 1. The Kier molecular flexibility index (Phi) is 12.6. The summed E-state index contributed by atoms with van der Waals surface area (Å²) < 4.78 is 12.5. The Balaban J connectivity index is 1.87. The van der Waals surface area contributed by atoms with Crippen LogP contribution in [0.4, 0.5) is 0 Å². The van der Waals surface area contributed by atoms with Crippen LogP contribution in [0.5, 0.6) is 11.5 Å². The quantitative estimate of drug-likeness (QED) is 0.102. The highest BCUT2D eigenvalue weighted by atomic mass is 16.5. The zero-order valence-electron chi connectivity index (χ0n) is 28.0. The monoisotopic (exact) mass is 641 g/mol. The topological polar surface area (TPSA) is 171 Å². The molecule has 7 atom stereocenters. The first-order valence-corrected chi connectivity index (χ1v) is 16.9. The zero-order chi connectivity index (χ0) is 33.3. The first kappa shape index (κ1) is 35.8. The lowest BCUT2D eigenvalue weighted by Crippen LogP contribution is -2.58. The van der Waals surface area contributed by atoms with Crippen LogP contribution in [-0.4, -0.2) is 84.8 Å². The van der Waals surface area contributed by atoms with Gasteiger partial charge in [-0.3, -0.25) is 9.79 Å². The molecule has 256 valence electrons. The van der Waals surface area contributed by atoms with Crippen LogP contribution in [0.1, 0.15) is 82.8 Å². The highest BCUT2D eigenvalue weighted by Crippen LogP contribution is 2.40. The van der Waals surface area contributed by atoms with Crippen LogP contribution in [0.3, 0.4) is 0 Å². The normalized spacial score (nSPS) is 32.1. The summed E-state index contributed by atoms with van der Waals surface area (Å²) in [7, 11) is 3.60. The third kappa shape index (κ3) is 9.06. The number of phenols is 1. The third-order valence-corrected chi connectivity index (χ3v) is 10.3. The Morgan fingerprint density at radius 3 is 2.76 bits per heavy atom. The molecule has 0 saturated carbocycles. The molecule has 1 aliphatic carbocycles. The number of hydrogen-bond acceptors (Lipinski definition) is 9. The van der Waals surface area contributed by atoms with Crippen molar-refractivity contribution in [2.75, 3.05) is 33.7 Å². The molecule has 1 aromatic rings. The van der Waals surface area contributed by atoms with Crippen molar-refractivity contribution in [2.24, 2.45) is 28.0 Å². The number of nitrogens with zero attached hydrogens (tertiary/aromatic N) is 1. The smallest absolute Gasteiger partial charge is 0.302 e. The number of benzene rings is 1. The van der Waals surface area contributed by atoms with Crippen molar-refractivity contribution in [3.63, 3.8) is 0 Å². The highest BCUT2D eigenvalue weighted by Gasteiger charge is 2.40. The number of aromatic hydroxyl groups is 1. The van der Waals surface area contributed by atoms with Crippen LogP contribution in [-0.2, 0) is 22.6 Å². The second-order valence-electron chi connectivity index (χ2n) is 13.5. The number of guanidine groups is 1. The number of carbonyl (C=O) groups is 1. The van der Waals surface area contributed by atoms with Gasteiger partial charge in [-0.05, 0) is 81.8 Å². The van der Waals surface area contributed by atoms with E-state index >= 15 is 0 Å². The molecule has 0 spiro atoms. The van der Waals surface area contributed by atoms with Gasteiger partial charge >= 0.3 is 5.97 Å². The number of hydrogen-bond donors (Lipinski definition) is 7. The third-order valence-electron chi connectivity index (χ3n) is 10.3. The van der Waals surface area contributed by atoms with Gasteiger partial charge in [0.1, 0.15) is 12.2 Å². The van der Waals surface area contributed by atoms with Gasteiger partial charge in [0, 0.05) is 62.7 Å². The second-order valence-corrected chi connectivity index (χ2v) is 13.5. The molecule has 1 fully saturated rings. The number of nitrogens with two attached hydrogens (primary N) is 1. The molecule has 0 radical (unpaired) electrons. The number of aliphatic hydroxyl groups is 2. The average Bonchev–Trinajstić information content (AvgIpc) is 3.03. The lowest BCUT2D eigenvalue weighted by atomic mass is 9.73. The summed E-state index contributed by atoms with van der Waals surface area (Å²) in [5.74, 6) is 7.19. The summed E-state index contributed by atoms with van der Waals surface area (Å²) in [6.45, 7) is 5.30. The summed E-state index contributed by atoms with van der Waals surface area (Å²) in [5, 5.41) is 43.1. The summed E-state index contributed by atoms with van der Waals surface area (Å²) in [5.41, 5.74) is 6.76. The summed E-state index contributed by atoms with van der Waals surface area (Å²) in [6, 6.07) is 3.41. The van der Waals surface area contributed by atoms with Crippen LogP contribution in [0.15, 0.2) is 17.1 Å². The number of carbonyl (C=O) groups excluding carboxylic acids is 1. The number of fused-ring (bicyclic) bond motifs is 5. The largest absolute Gasteiger partial charge is 0.504 e. The van der Waals surface area contributed by atoms with Gasteiger partial charge in [0.15, 0.2) is 17.5 Å². The van der Waals surface area contributed by atoms with E-state index in [1.807, 2.05) is 13.1 Å². The Hall–Kier alpha value is -3.04. The van der Waals surface area contributed by atoms with Crippen LogP contribution in [0, 0.1) is 29.1 Å². The molecule has 11 nitrogen and oxygen atoms in total. The number of likely N-dealkylation sites (N-methyl/N-ethyl adjacent to an activating group) is 1. The summed E-state index contributed by atoms with van der Waals surface area (Å²) >= 11 is 0. The van der Waals surface area contributed by atoms with Crippen LogP contribution >= 0.6 is 0 Å². The van der Waals surface area contributed by atoms with E-state index in [2.05, 4.69) is 39.7 Å². The zero-order valence-corrected chi connectivity index (χ0v) is 28.0. The van der Waals surface area contributed by atoms with E-state index in [0.29, 0.717) is 43.1 Å². The molecule has 2 heterocycles. The molecular formula is C35H55N5O6. The SMILES string of the molecule is CC[C@@]1(CNC(N)=NC)C#C[C@H]2CCC[C@]3(CNC)C[C@H](CCN3)Oc3cc(c(CO)cc3O)C[C@@H]2[C@@H](OC(C)=O)C[C@@H](O)CC1. The van der Waals surface area contributed by atoms with Crippen molar-refractivity contribution in [1.82, 2.24) is 16.0 Å². The van der Waals surface area contributed by atoms with E-state index in [-0.39, 0.29) is 42.3 Å². The van der Waals surface area contributed by atoms with E-state index < -0.39 is 23.6 Å². The highest BCUT2D eigenvalue weighted by molar-refractivity contribution is 5.77. The molecule has 3 aliphatic rings. The molecule has 2 aliphatic heterocycles. The number of aliphatic imine (C=N–C) groups is 1. The molecule has 4 rings (SSSR count). The van der Waals surface area contributed by atoms with E-state index in [1.165, 1.54) is 6.92 Å². The van der Waals surface area contributed by atoms with Gasteiger partial charge in [0.2, 0.25) is 0 Å². The number of aliphatic hydroxyl groups excluding tert-OH is 2. The van der Waals surface area contributed by atoms with Gasteiger partial charge < -0.3 is 46.5 Å². The molecular weight excluding hydrogens is 586 g/mol. The fourth-order valence-corrected chi connectivity index (χ4v) is 7.59. The van der Waals surface area contributed by atoms with E-state index in [4.69, 9.17) is 15.2 Å². The van der Waals surface area contributed by atoms with Crippen LogP contribution < -0.4 is 26.4 Å². The summed E-state index contributed by atoms with van der Waals surface area (Å²) in [6.07, 6.45) is 5.29. The average molecular weight is 642 g/mol. The number of rotatable bonds is 7. The fraction of sp³-hybridized carbons (Fsp3) is 0.714. The minimum atomic E-state index is -0.712. The van der Waals surface area contributed by atoms with Gasteiger partial charge in [0.05, 0.1) is 12.7 Å². The van der Waals surface area contributed by atoms with Crippen LogP contribution in [0.2, 0.25) is 0 Å². The Morgan fingerprint density at radius 2 is 2.07 bits per heavy atom. The van der Waals surface area contributed by atoms with Crippen molar-refractivity contribution >= 4 is 11.9 Å². The minimum Gasteiger partial charge on any atom is -0.504 e. The molecule has 46 heavy (non-hydrogen) atoms. The van der Waals surface area contributed by atoms with Crippen molar-refractivity contribution in [3.8, 4) is 23.3 Å². The van der Waals surface area contributed by atoms with Gasteiger partial charge in [-0.1, -0.05) is 25.2 Å². The maximum atomic E-state index is 12.5. The van der Waals surface area contributed by atoms with Crippen molar-refractivity contribution in [2.45, 2.75) is 109 Å². The lowest BCUT2D eigenvalue weighted by molar-refractivity contribution is -0.152. The van der Waals surface area contributed by atoms with E-state index in [9.17, 15) is 20.1 Å². The van der Waals surface area contributed by atoms with Gasteiger partial charge in [0.25, 0.3) is 0 Å². The number of esters is 1. The first-order valence-electron chi connectivity index (χ1n) is 16.9. The molecule has 0 unspecified atom stereocenters. The van der Waals surface area contributed by atoms with Crippen molar-refractivity contribution in [3.05, 3.63) is 23.3 Å². The minimum absolute atomic E-state index is 0.00945. The lowest BCUT2D eigenvalue weighted by Gasteiger charge is -2.42. The molecule has 4 bridgehead atoms. The first-order chi connectivity index (χ1) is 22.0. The molecule has 0 aromatic heterocycles. The molecule has 0 amide bonds. The van der Waals surface area contributed by atoms with Gasteiger partial charge in [-0.15, -0.1) is 0 Å². The predicted octanol–water partition coefficient (Wildman–Crippen LogP) is 2.34. The van der Waals surface area contributed by atoms with Crippen molar-refractivity contribution < 1.29 is 29.6 Å². The fourth-order valence-electron chi connectivity index (χ4n) is 7.59. The van der Waals surface area contributed by atoms with E-state index in [1.54, 1.807) is 13.1 Å². The predicted molar refractivity (Wildman–Crippen MR) is 178 cm³/mol. The number of ether oxygens (including phenoxy) is 2. The second kappa shape index (κ2) is 16.2. The summed E-state index contributed by atoms with van der Waals surface area (Å²) in [4.78, 5) is 16.6. The van der Waals surface area contributed by atoms with E-state index in [0.717, 1.165) is 57.2 Å². The standard InChI is InChI=1S/C35H55N5O6/c1-5-34(21-39-33(36)38-4)12-8-24-7-6-11-35(22-37-3)19-28(10-14-40-35)46-32-17-25(26(20-41)16-30(32)44)15-29(24)31(45-23(2)42)18-27(43)9-13-34/h16-17,24,27-29,31,37,40-41,43-44H,5-7,9-11,13-15,18-22H2,1-4H3,(H3,36,38,39)/t24-,27+,28+,29+,31+,34-,35-/m1/s1.